The smallest absolute Gasteiger partial charge is 0.274 e. The van der Waals surface area contributed by atoms with Gasteiger partial charge in [-0.3, -0.25) is 19.7 Å². The first-order valence-corrected chi connectivity index (χ1v) is 7.24. The maximum Gasteiger partial charge on any atom is 0.274 e. The van der Waals surface area contributed by atoms with Gasteiger partial charge < -0.3 is 10.2 Å². The largest absolute Gasteiger partial charge is 0.337 e. The van der Waals surface area contributed by atoms with Crippen molar-refractivity contribution in [2.75, 3.05) is 12.4 Å². The van der Waals surface area contributed by atoms with Gasteiger partial charge in [-0.2, -0.15) is 0 Å². The third-order valence-electron chi connectivity index (χ3n) is 3.37. The number of para-hydroxylation sites is 1. The Morgan fingerprint density at radius 3 is 2.54 bits per heavy atom. The highest BCUT2D eigenvalue weighted by atomic mass is 16.6. The zero-order chi connectivity index (χ0) is 17.7. The zero-order valence-corrected chi connectivity index (χ0v) is 13.4. The number of amides is 2. The summed E-state index contributed by atoms with van der Waals surface area (Å²) in [6, 6.07) is 12.8. The number of nitrogens with zero attached hydrogens (tertiary/aromatic N) is 2. The Bertz CT molecular complexity index is 789. The second-order valence-electron chi connectivity index (χ2n) is 5.31. The van der Waals surface area contributed by atoms with Crippen LogP contribution in [-0.2, 0) is 11.3 Å². The molecule has 2 aromatic rings. The molecule has 0 aliphatic heterocycles. The number of hydrogen-bond acceptors (Lipinski definition) is 4. The first kappa shape index (κ1) is 17.1. The van der Waals surface area contributed by atoms with Crippen molar-refractivity contribution >= 4 is 23.2 Å². The molecule has 0 saturated heterocycles. The van der Waals surface area contributed by atoms with Crippen LogP contribution < -0.4 is 5.32 Å². The molecule has 24 heavy (non-hydrogen) atoms. The summed E-state index contributed by atoms with van der Waals surface area (Å²) in [4.78, 5) is 35.6. The van der Waals surface area contributed by atoms with Gasteiger partial charge in [0.25, 0.3) is 11.6 Å². The minimum atomic E-state index is -0.467. The predicted octanol–water partition coefficient (Wildman–Crippen LogP) is 2.83. The molecule has 0 aliphatic carbocycles. The van der Waals surface area contributed by atoms with Gasteiger partial charge in [0, 0.05) is 36.9 Å². The van der Waals surface area contributed by atoms with Crippen LogP contribution in [0.5, 0.6) is 0 Å². The maximum absolute atomic E-state index is 12.5. The SMILES string of the molecule is CC(=O)Nc1cccc(C(=O)N(C)Cc2ccccc2[N+](=O)[O-])c1. The van der Waals surface area contributed by atoms with Gasteiger partial charge >= 0.3 is 0 Å². The van der Waals surface area contributed by atoms with Crippen molar-refractivity contribution in [2.24, 2.45) is 0 Å². The second-order valence-corrected chi connectivity index (χ2v) is 5.31. The van der Waals surface area contributed by atoms with Crippen LogP contribution in [0.1, 0.15) is 22.8 Å². The molecule has 0 heterocycles. The summed E-state index contributed by atoms with van der Waals surface area (Å²) < 4.78 is 0. The number of carbonyl (C=O) groups excluding carboxylic acids is 2. The van der Waals surface area contributed by atoms with E-state index in [4.69, 9.17) is 0 Å². The molecule has 0 unspecified atom stereocenters. The van der Waals surface area contributed by atoms with E-state index >= 15 is 0 Å². The summed E-state index contributed by atoms with van der Waals surface area (Å²) in [6.07, 6.45) is 0. The number of carbonyl (C=O) groups is 2. The van der Waals surface area contributed by atoms with Crippen molar-refractivity contribution < 1.29 is 14.5 Å². The molecule has 2 rings (SSSR count). The summed E-state index contributed by atoms with van der Waals surface area (Å²) in [5.41, 5.74) is 1.34. The van der Waals surface area contributed by atoms with Gasteiger partial charge in [-0.25, -0.2) is 0 Å². The van der Waals surface area contributed by atoms with Gasteiger partial charge in [0.2, 0.25) is 5.91 Å². The molecule has 0 fully saturated rings. The quantitative estimate of drug-likeness (QED) is 0.675. The van der Waals surface area contributed by atoms with Crippen LogP contribution in [0.25, 0.3) is 0 Å². The average molecular weight is 327 g/mol. The normalized spacial score (nSPS) is 10.1. The fourth-order valence-corrected chi connectivity index (χ4v) is 2.30. The Labute approximate surface area is 139 Å². The molecule has 0 radical (unpaired) electrons. The summed E-state index contributed by atoms with van der Waals surface area (Å²) in [5, 5.41) is 13.7. The molecule has 2 aromatic carbocycles. The molecule has 0 atom stereocenters. The van der Waals surface area contributed by atoms with Crippen molar-refractivity contribution in [3.63, 3.8) is 0 Å². The molecule has 0 saturated carbocycles. The third kappa shape index (κ3) is 4.16. The number of benzene rings is 2. The molecule has 7 heteroatoms. The van der Waals surface area contributed by atoms with Gasteiger partial charge in [-0.1, -0.05) is 24.3 Å². The van der Waals surface area contributed by atoms with Gasteiger partial charge in [-0.15, -0.1) is 0 Å². The molecule has 0 aromatic heterocycles. The van der Waals surface area contributed by atoms with E-state index in [1.807, 2.05) is 0 Å². The molecule has 7 nitrogen and oxygen atoms in total. The van der Waals surface area contributed by atoms with Crippen molar-refractivity contribution in [2.45, 2.75) is 13.5 Å². The molecule has 1 N–H and O–H groups in total. The van der Waals surface area contributed by atoms with Crippen molar-refractivity contribution in [3.05, 3.63) is 69.8 Å². The van der Waals surface area contributed by atoms with E-state index in [1.54, 1.807) is 49.5 Å². The molecule has 2 amide bonds. The first-order chi connectivity index (χ1) is 11.4. The first-order valence-electron chi connectivity index (χ1n) is 7.24. The van der Waals surface area contributed by atoms with E-state index in [1.165, 1.54) is 17.9 Å². The number of anilines is 1. The Hall–Kier alpha value is -3.22. The van der Waals surface area contributed by atoms with Crippen LogP contribution in [0.3, 0.4) is 0 Å². The maximum atomic E-state index is 12.5. The van der Waals surface area contributed by atoms with Crippen LogP contribution in [0.4, 0.5) is 11.4 Å². The monoisotopic (exact) mass is 327 g/mol. The van der Waals surface area contributed by atoms with Crippen LogP contribution in [-0.4, -0.2) is 28.7 Å². The number of rotatable bonds is 5. The Kier molecular flexibility index (Phi) is 5.26. The predicted molar refractivity (Wildman–Crippen MR) is 89.6 cm³/mol. The Morgan fingerprint density at radius 1 is 1.17 bits per heavy atom. The zero-order valence-electron chi connectivity index (χ0n) is 13.4. The van der Waals surface area contributed by atoms with Crippen LogP contribution >= 0.6 is 0 Å². The number of nitro benzene ring substituents is 1. The molecular formula is C17H17N3O4. The number of nitro groups is 1. The lowest BCUT2D eigenvalue weighted by atomic mass is 10.1. The number of nitrogens with one attached hydrogen (secondary N) is 1. The topological polar surface area (TPSA) is 92.6 Å². The van der Waals surface area contributed by atoms with Crippen molar-refractivity contribution in [1.29, 1.82) is 0 Å². The van der Waals surface area contributed by atoms with E-state index in [0.29, 0.717) is 16.8 Å². The molecule has 0 aliphatic rings. The van der Waals surface area contributed by atoms with Gasteiger partial charge in [-0.05, 0) is 18.2 Å². The van der Waals surface area contributed by atoms with Crippen LogP contribution in [0.2, 0.25) is 0 Å². The number of hydrogen-bond donors (Lipinski definition) is 1. The fourth-order valence-electron chi connectivity index (χ4n) is 2.30. The molecule has 124 valence electrons. The van der Waals surface area contributed by atoms with Gasteiger partial charge in [0.15, 0.2) is 0 Å². The Balaban J connectivity index is 2.18. The van der Waals surface area contributed by atoms with Gasteiger partial charge in [0.05, 0.1) is 11.5 Å². The lowest BCUT2D eigenvalue weighted by molar-refractivity contribution is -0.385. The summed E-state index contributed by atoms with van der Waals surface area (Å²) in [5.74, 6) is -0.520. The van der Waals surface area contributed by atoms with Crippen molar-refractivity contribution in [3.8, 4) is 0 Å². The van der Waals surface area contributed by atoms with Crippen molar-refractivity contribution in [1.82, 2.24) is 4.90 Å². The van der Waals surface area contributed by atoms with Crippen LogP contribution in [0, 0.1) is 10.1 Å². The highest BCUT2D eigenvalue weighted by Crippen LogP contribution is 2.20. The molecule has 0 bridgehead atoms. The summed E-state index contributed by atoms with van der Waals surface area (Å²) >= 11 is 0. The lowest BCUT2D eigenvalue weighted by Crippen LogP contribution is -2.26. The minimum Gasteiger partial charge on any atom is -0.337 e. The molecule has 0 spiro atoms. The minimum absolute atomic E-state index is 0.0239. The van der Waals surface area contributed by atoms with E-state index in [-0.39, 0.29) is 24.0 Å². The fraction of sp³-hybridized carbons (Fsp3) is 0.176. The Morgan fingerprint density at radius 2 is 1.88 bits per heavy atom. The van der Waals surface area contributed by atoms with E-state index in [9.17, 15) is 19.7 Å². The standard InChI is InChI=1S/C17H17N3O4/c1-12(21)18-15-8-5-7-13(10-15)17(22)19(2)11-14-6-3-4-9-16(14)20(23)24/h3-10H,11H2,1-2H3,(H,18,21). The van der Waals surface area contributed by atoms with E-state index in [0.717, 1.165) is 0 Å². The summed E-state index contributed by atoms with van der Waals surface area (Å²) in [7, 11) is 1.57. The van der Waals surface area contributed by atoms with Crippen LogP contribution in [0.15, 0.2) is 48.5 Å². The second kappa shape index (κ2) is 7.36. The average Bonchev–Trinajstić information content (AvgIpc) is 2.54. The summed E-state index contributed by atoms with van der Waals surface area (Å²) in [6.45, 7) is 1.50. The lowest BCUT2D eigenvalue weighted by Gasteiger charge is -2.17. The van der Waals surface area contributed by atoms with E-state index in [2.05, 4.69) is 5.32 Å². The van der Waals surface area contributed by atoms with Gasteiger partial charge in [0.1, 0.15) is 0 Å². The molecular weight excluding hydrogens is 310 g/mol. The van der Waals surface area contributed by atoms with E-state index < -0.39 is 4.92 Å². The highest BCUT2D eigenvalue weighted by molar-refractivity contribution is 5.96. The third-order valence-corrected chi connectivity index (χ3v) is 3.37. The highest BCUT2D eigenvalue weighted by Gasteiger charge is 2.18.